The normalized spacial score (nSPS) is 25.5. The number of anilines is 1. The van der Waals surface area contributed by atoms with Crippen molar-refractivity contribution in [2.24, 2.45) is 0 Å². The lowest BCUT2D eigenvalue weighted by molar-refractivity contribution is 0.107. The van der Waals surface area contributed by atoms with E-state index in [1.54, 1.807) is 6.20 Å². The third kappa shape index (κ3) is 4.02. The highest BCUT2D eigenvalue weighted by Gasteiger charge is 2.49. The number of alkyl halides is 2. The van der Waals surface area contributed by atoms with Gasteiger partial charge in [0, 0.05) is 42.6 Å². The maximum absolute atomic E-state index is 16.3. The molecule has 9 heteroatoms. The minimum Gasteiger partial charge on any atom is -0.461 e. The molecule has 6 nitrogen and oxygen atoms in total. The maximum Gasteiger partial charge on any atom is 0.319 e. The Labute approximate surface area is 228 Å². The summed E-state index contributed by atoms with van der Waals surface area (Å²) >= 11 is 3.70. The molecule has 0 radical (unpaired) electrons. The number of fused-ring (bicyclic) bond motifs is 3. The Morgan fingerprint density at radius 2 is 1.92 bits per heavy atom. The zero-order valence-electron chi connectivity index (χ0n) is 20.9. The molecule has 0 bridgehead atoms. The summed E-state index contributed by atoms with van der Waals surface area (Å²) in [5, 5.41) is 2.50. The van der Waals surface area contributed by atoms with Gasteiger partial charge in [0.1, 0.15) is 29.8 Å². The van der Waals surface area contributed by atoms with Gasteiger partial charge in [0.2, 0.25) is 0 Å². The number of benzene rings is 2. The number of rotatable bonds is 5. The first-order valence-corrected chi connectivity index (χ1v) is 14.2. The molecule has 3 aliphatic heterocycles. The van der Waals surface area contributed by atoms with E-state index in [0.717, 1.165) is 49.7 Å². The van der Waals surface area contributed by atoms with E-state index in [9.17, 15) is 4.39 Å². The van der Waals surface area contributed by atoms with Crippen molar-refractivity contribution in [3.8, 4) is 17.3 Å². The van der Waals surface area contributed by atoms with Crippen LogP contribution in [0.2, 0.25) is 0 Å². The van der Waals surface area contributed by atoms with Gasteiger partial charge in [-0.15, -0.1) is 0 Å². The van der Waals surface area contributed by atoms with E-state index < -0.39 is 12.0 Å². The summed E-state index contributed by atoms with van der Waals surface area (Å²) in [7, 11) is 0. The van der Waals surface area contributed by atoms with Crippen molar-refractivity contribution in [2.45, 2.75) is 42.2 Å². The zero-order chi connectivity index (χ0) is 25.9. The summed E-state index contributed by atoms with van der Waals surface area (Å²) in [4.78, 5) is 18.6. The lowest BCUT2D eigenvalue weighted by Crippen LogP contribution is -2.43. The maximum atomic E-state index is 16.3. The molecular weight excluding hydrogens is 552 g/mol. The van der Waals surface area contributed by atoms with E-state index in [2.05, 4.69) is 35.7 Å². The molecule has 4 aromatic rings. The van der Waals surface area contributed by atoms with Gasteiger partial charge >= 0.3 is 6.01 Å². The van der Waals surface area contributed by atoms with E-state index >= 15 is 4.39 Å². The highest BCUT2D eigenvalue weighted by Crippen LogP contribution is 2.41. The second kappa shape index (κ2) is 9.38. The van der Waals surface area contributed by atoms with Crippen LogP contribution in [0.3, 0.4) is 0 Å². The molecule has 2 aromatic carbocycles. The van der Waals surface area contributed by atoms with Crippen LogP contribution >= 0.6 is 15.9 Å². The van der Waals surface area contributed by atoms with Crippen LogP contribution in [-0.4, -0.2) is 69.2 Å². The molecule has 1 unspecified atom stereocenters. The number of aromatic nitrogens is 3. The molecule has 3 fully saturated rings. The van der Waals surface area contributed by atoms with E-state index in [1.165, 1.54) is 0 Å². The fourth-order valence-corrected chi connectivity index (χ4v) is 7.06. The lowest BCUT2D eigenvalue weighted by Gasteiger charge is -2.31. The van der Waals surface area contributed by atoms with Crippen LogP contribution in [-0.2, 0) is 0 Å². The number of halogens is 3. The number of hydrogen-bond donors (Lipinski definition) is 0. The summed E-state index contributed by atoms with van der Waals surface area (Å²) in [6.45, 7) is 3.15. The van der Waals surface area contributed by atoms with Crippen LogP contribution < -0.4 is 9.64 Å². The van der Waals surface area contributed by atoms with Gasteiger partial charge in [-0.25, -0.2) is 8.78 Å². The van der Waals surface area contributed by atoms with E-state index in [4.69, 9.17) is 9.72 Å². The van der Waals surface area contributed by atoms with E-state index in [-0.39, 0.29) is 22.8 Å². The van der Waals surface area contributed by atoms with Crippen LogP contribution in [0.25, 0.3) is 32.9 Å². The number of hydrogen-bond acceptors (Lipinski definition) is 6. The molecule has 2 aromatic heterocycles. The predicted octanol–water partition coefficient (Wildman–Crippen LogP) is 5.91. The first kappa shape index (κ1) is 24.2. The fourth-order valence-electron chi connectivity index (χ4n) is 6.50. The Morgan fingerprint density at radius 1 is 1.05 bits per heavy atom. The summed E-state index contributed by atoms with van der Waals surface area (Å²) < 4.78 is 36.8. The lowest BCUT2D eigenvalue weighted by atomic mass is 9.95. The van der Waals surface area contributed by atoms with E-state index in [0.29, 0.717) is 41.2 Å². The van der Waals surface area contributed by atoms with Crippen molar-refractivity contribution >= 4 is 43.4 Å². The molecule has 0 amide bonds. The van der Waals surface area contributed by atoms with Crippen LogP contribution in [0.15, 0.2) is 48.7 Å². The molecule has 0 saturated carbocycles. The first-order valence-electron chi connectivity index (χ1n) is 13.3. The minimum absolute atomic E-state index is 0.128. The monoisotopic (exact) mass is 579 g/mol. The van der Waals surface area contributed by atoms with Crippen molar-refractivity contribution in [2.75, 3.05) is 37.7 Å². The largest absolute Gasteiger partial charge is 0.461 e. The molecule has 3 saturated heterocycles. The second-order valence-electron chi connectivity index (χ2n) is 10.7. The SMILES string of the molecule is Fc1c(-c2cccc3ccccc23)ncc2c(N3CCC(Br)C3)nc(OC[C@@]34CCCN3C[C@H](F)C4)nc12. The van der Waals surface area contributed by atoms with E-state index in [1.807, 2.05) is 42.5 Å². The highest BCUT2D eigenvalue weighted by atomic mass is 79.9. The molecule has 7 rings (SSSR count). The third-order valence-corrected chi connectivity index (χ3v) is 9.10. The summed E-state index contributed by atoms with van der Waals surface area (Å²) in [6, 6.07) is 13.8. The minimum atomic E-state index is -0.848. The Bertz CT molecular complexity index is 1530. The van der Waals surface area contributed by atoms with Crippen molar-refractivity contribution in [3.63, 3.8) is 0 Å². The number of ether oxygens (including phenoxy) is 1. The summed E-state index contributed by atoms with van der Waals surface area (Å²) in [6.07, 6.45) is 4.15. The van der Waals surface area contributed by atoms with Crippen molar-refractivity contribution in [1.29, 1.82) is 0 Å². The quantitative estimate of drug-likeness (QED) is 0.274. The van der Waals surface area contributed by atoms with Gasteiger partial charge in [-0.2, -0.15) is 9.97 Å². The van der Waals surface area contributed by atoms with Crippen LogP contribution in [0.5, 0.6) is 6.01 Å². The molecule has 3 atom stereocenters. The molecule has 5 heterocycles. The average molecular weight is 580 g/mol. The molecule has 38 heavy (non-hydrogen) atoms. The fraction of sp³-hybridized carbons (Fsp3) is 0.414. The topological polar surface area (TPSA) is 54.4 Å². The third-order valence-electron chi connectivity index (χ3n) is 8.35. The summed E-state index contributed by atoms with van der Waals surface area (Å²) in [5.41, 5.74) is 0.822. The van der Waals surface area contributed by atoms with Crippen LogP contribution in [0.4, 0.5) is 14.6 Å². The van der Waals surface area contributed by atoms with Gasteiger partial charge in [0.05, 0.1) is 10.9 Å². The Hall–Kier alpha value is -2.91. The molecule has 196 valence electrons. The molecule has 0 spiro atoms. The molecule has 0 aliphatic carbocycles. The molecule has 0 N–H and O–H groups in total. The Balaban J connectivity index is 1.33. The van der Waals surface area contributed by atoms with Gasteiger partial charge in [0.25, 0.3) is 0 Å². The Kier molecular flexibility index (Phi) is 5.96. The highest BCUT2D eigenvalue weighted by molar-refractivity contribution is 9.09. The van der Waals surface area contributed by atoms with Gasteiger partial charge in [0.15, 0.2) is 5.82 Å². The predicted molar refractivity (Wildman–Crippen MR) is 148 cm³/mol. The molecule has 3 aliphatic rings. The standard InChI is InChI=1S/C29H28BrF2N5O/c30-19-9-12-36(15-19)27-23-14-33-25(22-8-3-6-18-5-1-2-7-21(18)22)24(32)26(23)34-28(35-27)38-17-29-10-4-11-37(29)16-20(31)13-29/h1-3,5-8,14,19-20H,4,9-13,15-17H2/t19?,20-,29+/m1/s1. The van der Waals surface area contributed by atoms with Crippen LogP contribution in [0, 0.1) is 5.82 Å². The molecular formula is C29H28BrF2N5O. The first-order chi connectivity index (χ1) is 18.5. The zero-order valence-corrected chi connectivity index (χ0v) is 22.5. The van der Waals surface area contributed by atoms with Crippen molar-refractivity contribution in [3.05, 3.63) is 54.5 Å². The second-order valence-corrected chi connectivity index (χ2v) is 12.0. The average Bonchev–Trinajstić information content (AvgIpc) is 3.61. The van der Waals surface area contributed by atoms with Crippen molar-refractivity contribution in [1.82, 2.24) is 19.9 Å². The number of pyridine rings is 1. The van der Waals surface area contributed by atoms with Crippen molar-refractivity contribution < 1.29 is 13.5 Å². The van der Waals surface area contributed by atoms with Gasteiger partial charge in [-0.1, -0.05) is 58.4 Å². The van der Waals surface area contributed by atoms with Gasteiger partial charge in [-0.05, 0) is 36.6 Å². The smallest absolute Gasteiger partial charge is 0.319 e. The van der Waals surface area contributed by atoms with Gasteiger partial charge in [-0.3, -0.25) is 9.88 Å². The van der Waals surface area contributed by atoms with Gasteiger partial charge < -0.3 is 9.64 Å². The summed E-state index contributed by atoms with van der Waals surface area (Å²) in [5.74, 6) is 0.130. The number of nitrogens with zero attached hydrogens (tertiary/aromatic N) is 5. The van der Waals surface area contributed by atoms with Crippen LogP contribution in [0.1, 0.15) is 25.7 Å². The Morgan fingerprint density at radius 3 is 2.79 bits per heavy atom.